The van der Waals surface area contributed by atoms with Crippen molar-refractivity contribution in [3.05, 3.63) is 60.7 Å². The van der Waals surface area contributed by atoms with E-state index in [-0.39, 0.29) is 5.56 Å². The molecule has 114 valence electrons. The summed E-state index contributed by atoms with van der Waals surface area (Å²) in [5, 5.41) is 13.3. The highest BCUT2D eigenvalue weighted by molar-refractivity contribution is 9.10. The smallest absolute Gasteiger partial charge is 0.330 e. The maximum atomic E-state index is 11.8. The number of aromatic nitrogens is 2. The van der Waals surface area contributed by atoms with E-state index >= 15 is 0 Å². The Hall–Kier alpha value is -2.68. The van der Waals surface area contributed by atoms with Crippen LogP contribution >= 0.6 is 15.9 Å². The molecule has 0 aliphatic heterocycles. The van der Waals surface area contributed by atoms with Crippen LogP contribution in [0, 0.1) is 0 Å². The summed E-state index contributed by atoms with van der Waals surface area (Å²) in [6, 6.07) is 6.64. The summed E-state index contributed by atoms with van der Waals surface area (Å²) in [5.41, 5.74) is 0.792. The predicted octanol–water partition coefficient (Wildman–Crippen LogP) is 0.306. The average molecular weight is 367 g/mol. The first-order chi connectivity index (χ1) is 10.4. The Balaban J connectivity index is 2.20. The number of benzene rings is 1. The maximum Gasteiger partial charge on any atom is 0.330 e. The summed E-state index contributed by atoms with van der Waals surface area (Å²) in [6.07, 6.45) is 0.962. The molecular weight excluding hydrogens is 356 g/mol. The van der Waals surface area contributed by atoms with Crippen LogP contribution in [0.5, 0.6) is 5.88 Å². The third kappa shape index (κ3) is 3.31. The highest BCUT2D eigenvalue weighted by atomic mass is 79.9. The number of halogens is 1. The first-order valence-electron chi connectivity index (χ1n) is 6.01. The Morgan fingerprint density at radius 2 is 2.18 bits per heavy atom. The van der Waals surface area contributed by atoms with Gasteiger partial charge in [0.25, 0.3) is 11.5 Å². The monoisotopic (exact) mass is 366 g/mol. The normalized spacial score (nSPS) is 10.8. The second kappa shape index (κ2) is 6.39. The number of hydrogen-bond acceptors (Lipinski definition) is 5. The molecule has 0 radical (unpaired) electrons. The Labute approximate surface area is 132 Å². The molecule has 0 unspecified atom stereocenters. The zero-order chi connectivity index (χ0) is 16.3. The minimum absolute atomic E-state index is 0.239. The Kier molecular flexibility index (Phi) is 4.56. The molecule has 0 fully saturated rings. The van der Waals surface area contributed by atoms with Gasteiger partial charge in [0.15, 0.2) is 0 Å². The zero-order valence-corrected chi connectivity index (χ0v) is 12.9. The van der Waals surface area contributed by atoms with Crippen LogP contribution in [0.3, 0.4) is 0 Å². The highest BCUT2D eigenvalue weighted by Crippen LogP contribution is 2.11. The zero-order valence-electron chi connectivity index (χ0n) is 11.3. The lowest BCUT2D eigenvalue weighted by Crippen LogP contribution is -2.30. The Morgan fingerprint density at radius 1 is 1.45 bits per heavy atom. The van der Waals surface area contributed by atoms with Gasteiger partial charge in [-0.3, -0.25) is 19.1 Å². The number of aromatic hydroxyl groups is 1. The van der Waals surface area contributed by atoms with Gasteiger partial charge in [-0.2, -0.15) is 5.10 Å². The summed E-state index contributed by atoms with van der Waals surface area (Å²) in [7, 11) is 1.28. The molecule has 1 aromatic heterocycles. The van der Waals surface area contributed by atoms with E-state index < -0.39 is 23.0 Å². The number of nitrogens with zero attached hydrogens (tertiary/aromatic N) is 2. The van der Waals surface area contributed by atoms with Crippen molar-refractivity contribution in [2.45, 2.75) is 0 Å². The van der Waals surface area contributed by atoms with Crippen molar-refractivity contribution in [3.8, 4) is 5.88 Å². The molecule has 3 N–H and O–H groups in total. The number of hydrazone groups is 1. The largest absolute Gasteiger partial charge is 0.494 e. The molecule has 0 spiro atoms. The van der Waals surface area contributed by atoms with Crippen molar-refractivity contribution in [3.63, 3.8) is 0 Å². The third-order valence-corrected chi connectivity index (χ3v) is 3.27. The van der Waals surface area contributed by atoms with Gasteiger partial charge < -0.3 is 5.11 Å². The summed E-state index contributed by atoms with van der Waals surface area (Å²) in [4.78, 5) is 36.6. The molecule has 2 rings (SSSR count). The third-order valence-electron chi connectivity index (χ3n) is 2.77. The molecule has 0 saturated carbocycles. The molecule has 22 heavy (non-hydrogen) atoms. The molecule has 9 heteroatoms. The van der Waals surface area contributed by atoms with Crippen LogP contribution in [0.15, 0.2) is 43.4 Å². The second-order valence-electron chi connectivity index (χ2n) is 4.27. The second-order valence-corrected chi connectivity index (χ2v) is 5.18. The molecule has 2 aromatic rings. The van der Waals surface area contributed by atoms with Crippen molar-refractivity contribution < 1.29 is 9.90 Å². The van der Waals surface area contributed by atoms with E-state index in [9.17, 15) is 19.5 Å². The molecule has 1 aromatic carbocycles. The minimum Gasteiger partial charge on any atom is -0.494 e. The van der Waals surface area contributed by atoms with Gasteiger partial charge in [-0.1, -0.05) is 22.0 Å². The van der Waals surface area contributed by atoms with Gasteiger partial charge in [0.1, 0.15) is 5.56 Å². The number of H-pyrrole nitrogens is 1. The summed E-state index contributed by atoms with van der Waals surface area (Å²) >= 11 is 3.24. The van der Waals surface area contributed by atoms with Gasteiger partial charge in [0.05, 0.1) is 6.21 Å². The van der Waals surface area contributed by atoms with Gasteiger partial charge in [0.2, 0.25) is 5.88 Å². The number of amides is 1. The number of carbonyl (C=O) groups is 1. The van der Waals surface area contributed by atoms with Crippen molar-refractivity contribution >= 4 is 28.1 Å². The molecular formula is C13H11BrN4O4. The van der Waals surface area contributed by atoms with Crippen LogP contribution in [0.25, 0.3) is 0 Å². The summed E-state index contributed by atoms with van der Waals surface area (Å²) in [5.74, 6) is -1.03. The molecule has 0 bridgehead atoms. The first kappa shape index (κ1) is 15.7. The topological polar surface area (TPSA) is 117 Å². The predicted molar refractivity (Wildman–Crippen MR) is 83.2 cm³/mol. The van der Waals surface area contributed by atoms with E-state index in [2.05, 4.69) is 26.5 Å². The SMILES string of the molecule is Cn1c(O)c(C=NNC(=O)c2cccc(Br)c2)c(=O)[nH]c1=O. The lowest BCUT2D eigenvalue weighted by molar-refractivity contribution is 0.0955. The van der Waals surface area contributed by atoms with Crippen molar-refractivity contribution in [2.75, 3.05) is 0 Å². The van der Waals surface area contributed by atoms with Crippen molar-refractivity contribution in [1.29, 1.82) is 0 Å². The maximum absolute atomic E-state index is 11.8. The van der Waals surface area contributed by atoms with Crippen LogP contribution in [0.4, 0.5) is 0 Å². The number of rotatable bonds is 3. The molecule has 0 atom stereocenters. The van der Waals surface area contributed by atoms with Crippen LogP contribution in [-0.4, -0.2) is 26.8 Å². The molecule has 0 saturated heterocycles. The average Bonchev–Trinajstić information content (AvgIpc) is 2.48. The Bertz CT molecular complexity index is 869. The number of nitrogens with one attached hydrogen (secondary N) is 2. The van der Waals surface area contributed by atoms with E-state index in [0.717, 1.165) is 15.3 Å². The van der Waals surface area contributed by atoms with Gasteiger partial charge >= 0.3 is 5.69 Å². The fourth-order valence-electron chi connectivity index (χ4n) is 1.59. The fourth-order valence-corrected chi connectivity index (χ4v) is 1.99. The van der Waals surface area contributed by atoms with Gasteiger partial charge in [-0.15, -0.1) is 0 Å². The highest BCUT2D eigenvalue weighted by Gasteiger charge is 2.10. The molecule has 8 nitrogen and oxygen atoms in total. The van der Waals surface area contributed by atoms with E-state index in [1.165, 1.54) is 7.05 Å². The van der Waals surface area contributed by atoms with E-state index in [4.69, 9.17) is 0 Å². The van der Waals surface area contributed by atoms with Crippen LogP contribution in [0.2, 0.25) is 0 Å². The van der Waals surface area contributed by atoms with E-state index in [1.54, 1.807) is 24.3 Å². The summed E-state index contributed by atoms with van der Waals surface area (Å²) in [6.45, 7) is 0. The quantitative estimate of drug-likeness (QED) is 0.535. The van der Waals surface area contributed by atoms with E-state index in [0.29, 0.717) is 5.56 Å². The van der Waals surface area contributed by atoms with Crippen molar-refractivity contribution in [2.24, 2.45) is 12.1 Å². The van der Waals surface area contributed by atoms with Gasteiger partial charge in [0, 0.05) is 17.1 Å². The fraction of sp³-hybridized carbons (Fsp3) is 0.0769. The lowest BCUT2D eigenvalue weighted by Gasteiger charge is -2.03. The van der Waals surface area contributed by atoms with E-state index in [1.807, 2.05) is 4.98 Å². The number of carbonyl (C=O) groups excluding carboxylic acids is 1. The molecule has 0 aliphatic carbocycles. The van der Waals surface area contributed by atoms with Crippen LogP contribution < -0.4 is 16.7 Å². The first-order valence-corrected chi connectivity index (χ1v) is 6.80. The van der Waals surface area contributed by atoms with Gasteiger partial charge in [-0.05, 0) is 18.2 Å². The molecule has 1 heterocycles. The number of aromatic amines is 1. The van der Waals surface area contributed by atoms with Crippen LogP contribution in [-0.2, 0) is 7.05 Å². The minimum atomic E-state index is -0.805. The van der Waals surface area contributed by atoms with Gasteiger partial charge in [-0.25, -0.2) is 10.2 Å². The summed E-state index contributed by atoms with van der Waals surface area (Å²) < 4.78 is 1.58. The standard InChI is InChI=1S/C13H11BrN4O4/c1-18-12(21)9(11(20)16-13(18)22)6-15-17-10(19)7-3-2-4-8(14)5-7/h2-6,21H,1H3,(H,17,19)(H,16,20,22). The van der Waals surface area contributed by atoms with Crippen molar-refractivity contribution in [1.82, 2.24) is 15.0 Å². The Morgan fingerprint density at radius 3 is 2.86 bits per heavy atom. The lowest BCUT2D eigenvalue weighted by atomic mass is 10.2. The molecule has 1 amide bonds. The molecule has 0 aliphatic rings. The van der Waals surface area contributed by atoms with Crippen LogP contribution in [0.1, 0.15) is 15.9 Å². The number of hydrogen-bond donors (Lipinski definition) is 3.